The number of hydrogen-bond donors (Lipinski definition) is 1. The Morgan fingerprint density at radius 3 is 2.30 bits per heavy atom. The van der Waals surface area contributed by atoms with Gasteiger partial charge in [-0.1, -0.05) is 72.4 Å². The largest absolute Gasteiger partial charge is 0.497 e. The molecular weight excluding hydrogens is 621 g/mol. The Morgan fingerprint density at radius 2 is 1.68 bits per heavy atom. The molecule has 1 aliphatic rings. The minimum Gasteiger partial charge on any atom is -0.497 e. The van der Waals surface area contributed by atoms with E-state index in [9.17, 15) is 18.0 Å². The van der Waals surface area contributed by atoms with E-state index in [0.717, 1.165) is 37.5 Å². The summed E-state index contributed by atoms with van der Waals surface area (Å²) in [6.07, 6.45) is 5.65. The van der Waals surface area contributed by atoms with Crippen molar-refractivity contribution in [2.24, 2.45) is 0 Å². The maximum Gasteiger partial charge on any atom is 0.243 e. The number of halogens is 2. The SMILES string of the molecule is COc1ccc(N(CCCC(=O)N(Cc2ccc(Cl)cc2Cl)[C@@H](Cc2ccccc2)C(=O)NC2CCCC2)S(C)(=O)=O)cc1. The number of anilines is 1. The van der Waals surface area contributed by atoms with Crippen LogP contribution in [0.1, 0.15) is 49.7 Å². The third-order valence-electron chi connectivity index (χ3n) is 7.84. The number of benzene rings is 3. The molecule has 2 amide bonds. The summed E-state index contributed by atoms with van der Waals surface area (Å²) in [5.74, 6) is 0.117. The molecular formula is C33H39Cl2N3O5S. The summed E-state index contributed by atoms with van der Waals surface area (Å²) in [7, 11) is -2.09. The summed E-state index contributed by atoms with van der Waals surface area (Å²) in [4.78, 5) is 29.5. The highest BCUT2D eigenvalue weighted by atomic mass is 35.5. The molecule has 11 heteroatoms. The molecule has 0 aromatic heterocycles. The van der Waals surface area contributed by atoms with Gasteiger partial charge >= 0.3 is 0 Å². The average Bonchev–Trinajstić information content (AvgIpc) is 3.51. The number of methoxy groups -OCH3 is 1. The molecule has 3 aromatic rings. The fraction of sp³-hybridized carbons (Fsp3) is 0.394. The Labute approximate surface area is 270 Å². The molecule has 236 valence electrons. The van der Waals surface area contributed by atoms with Crippen LogP contribution in [0.5, 0.6) is 5.75 Å². The number of amides is 2. The topological polar surface area (TPSA) is 96.0 Å². The van der Waals surface area contributed by atoms with Crippen molar-refractivity contribution in [3.05, 3.63) is 94.0 Å². The van der Waals surface area contributed by atoms with E-state index in [0.29, 0.717) is 33.5 Å². The summed E-state index contributed by atoms with van der Waals surface area (Å²) in [6, 6.07) is 20.7. The van der Waals surface area contributed by atoms with Crippen LogP contribution in [-0.4, -0.2) is 57.1 Å². The van der Waals surface area contributed by atoms with Crippen molar-refractivity contribution in [2.45, 2.75) is 63.6 Å². The maximum absolute atomic E-state index is 14.0. The van der Waals surface area contributed by atoms with Crippen LogP contribution in [0.2, 0.25) is 10.0 Å². The molecule has 1 atom stereocenters. The molecule has 3 aromatic carbocycles. The van der Waals surface area contributed by atoms with Crippen molar-refractivity contribution in [3.63, 3.8) is 0 Å². The number of ether oxygens (including phenoxy) is 1. The summed E-state index contributed by atoms with van der Waals surface area (Å²) in [5, 5.41) is 4.05. The molecule has 8 nitrogen and oxygen atoms in total. The predicted molar refractivity (Wildman–Crippen MR) is 176 cm³/mol. The van der Waals surface area contributed by atoms with E-state index in [1.54, 1.807) is 47.4 Å². The normalized spacial score (nSPS) is 14.2. The van der Waals surface area contributed by atoms with E-state index in [4.69, 9.17) is 27.9 Å². The first-order valence-corrected chi connectivity index (χ1v) is 17.3. The standard InChI is InChI=1S/C33H39Cl2N3O5S/c1-43-29-18-16-28(17-19-29)38(44(2,41)42)20-8-13-32(39)37(23-25-14-15-26(34)22-30(25)35)31(21-24-9-4-3-5-10-24)33(40)36-27-11-6-7-12-27/h3-5,9-10,14-19,22,27,31H,6-8,11-13,20-21,23H2,1-2H3,(H,36,40)/t31-/m0/s1. The van der Waals surface area contributed by atoms with Gasteiger partial charge in [0.25, 0.3) is 0 Å². The van der Waals surface area contributed by atoms with E-state index in [1.165, 1.54) is 11.4 Å². The van der Waals surface area contributed by atoms with Crippen LogP contribution in [0.15, 0.2) is 72.8 Å². The Hall–Kier alpha value is -3.27. The Balaban J connectivity index is 1.60. The molecule has 1 aliphatic carbocycles. The first-order chi connectivity index (χ1) is 21.0. The van der Waals surface area contributed by atoms with Gasteiger partial charge in [0.2, 0.25) is 21.8 Å². The van der Waals surface area contributed by atoms with Crippen molar-refractivity contribution in [2.75, 3.05) is 24.2 Å². The third-order valence-corrected chi connectivity index (χ3v) is 9.62. The van der Waals surface area contributed by atoms with Crippen LogP contribution >= 0.6 is 23.2 Å². The summed E-state index contributed by atoms with van der Waals surface area (Å²) in [6.45, 7) is 0.183. The number of carbonyl (C=O) groups is 2. The lowest BCUT2D eigenvalue weighted by molar-refractivity contribution is -0.141. The zero-order valence-corrected chi connectivity index (χ0v) is 27.4. The first kappa shape index (κ1) is 33.6. The van der Waals surface area contributed by atoms with Crippen molar-refractivity contribution in [1.29, 1.82) is 0 Å². The van der Waals surface area contributed by atoms with E-state index in [-0.39, 0.29) is 43.8 Å². The van der Waals surface area contributed by atoms with Crippen LogP contribution in [0.25, 0.3) is 0 Å². The highest BCUT2D eigenvalue weighted by molar-refractivity contribution is 7.92. The van der Waals surface area contributed by atoms with E-state index >= 15 is 0 Å². The molecule has 0 radical (unpaired) electrons. The Bertz CT molecular complexity index is 1510. The minimum absolute atomic E-state index is 0.0232. The van der Waals surface area contributed by atoms with Gasteiger partial charge in [0.15, 0.2) is 0 Å². The number of rotatable bonds is 14. The van der Waals surface area contributed by atoms with Crippen molar-refractivity contribution < 1.29 is 22.7 Å². The molecule has 1 N–H and O–H groups in total. The van der Waals surface area contributed by atoms with Gasteiger partial charge in [-0.15, -0.1) is 0 Å². The summed E-state index contributed by atoms with van der Waals surface area (Å²) < 4.78 is 31.8. The van der Waals surface area contributed by atoms with Crippen LogP contribution in [0, 0.1) is 0 Å². The molecule has 44 heavy (non-hydrogen) atoms. The van der Waals surface area contributed by atoms with E-state index in [1.807, 2.05) is 30.3 Å². The van der Waals surface area contributed by atoms with Gasteiger partial charge < -0.3 is 15.0 Å². The number of nitrogens with zero attached hydrogens (tertiary/aromatic N) is 2. The zero-order chi connectivity index (χ0) is 31.7. The second-order valence-corrected chi connectivity index (χ2v) is 13.8. The van der Waals surface area contributed by atoms with Crippen molar-refractivity contribution in [1.82, 2.24) is 10.2 Å². The summed E-state index contributed by atoms with van der Waals surface area (Å²) >= 11 is 12.7. The Morgan fingerprint density at radius 1 is 1.00 bits per heavy atom. The highest BCUT2D eigenvalue weighted by Crippen LogP contribution is 2.26. The van der Waals surface area contributed by atoms with Gasteiger partial charge in [0.1, 0.15) is 11.8 Å². The minimum atomic E-state index is -3.62. The van der Waals surface area contributed by atoms with Gasteiger partial charge in [-0.3, -0.25) is 13.9 Å². The molecule has 0 heterocycles. The second kappa shape index (κ2) is 15.6. The van der Waals surface area contributed by atoms with Crippen molar-refractivity contribution >= 4 is 50.7 Å². The first-order valence-electron chi connectivity index (χ1n) is 14.7. The monoisotopic (exact) mass is 659 g/mol. The van der Waals surface area contributed by atoms with Gasteiger partial charge in [0, 0.05) is 42.0 Å². The maximum atomic E-state index is 14.0. The molecule has 0 bridgehead atoms. The Kier molecular flexibility index (Phi) is 11.9. The molecule has 4 rings (SSSR count). The molecule has 0 unspecified atom stereocenters. The van der Waals surface area contributed by atoms with E-state index in [2.05, 4.69) is 5.32 Å². The number of hydrogen-bond acceptors (Lipinski definition) is 5. The number of carbonyl (C=O) groups excluding carboxylic acids is 2. The lowest BCUT2D eigenvalue weighted by Gasteiger charge is -2.33. The van der Waals surface area contributed by atoms with Crippen LogP contribution in [0.4, 0.5) is 5.69 Å². The van der Waals surface area contributed by atoms with Gasteiger partial charge in [-0.2, -0.15) is 0 Å². The highest BCUT2D eigenvalue weighted by Gasteiger charge is 2.32. The molecule has 0 aliphatic heterocycles. The van der Waals surface area contributed by atoms with Crippen LogP contribution < -0.4 is 14.4 Å². The van der Waals surface area contributed by atoms with E-state index < -0.39 is 16.1 Å². The summed E-state index contributed by atoms with van der Waals surface area (Å²) in [5.41, 5.74) is 2.05. The third kappa shape index (κ3) is 9.36. The smallest absolute Gasteiger partial charge is 0.243 e. The zero-order valence-electron chi connectivity index (χ0n) is 25.0. The lowest BCUT2D eigenvalue weighted by Crippen LogP contribution is -2.52. The average molecular weight is 661 g/mol. The number of sulfonamides is 1. The van der Waals surface area contributed by atoms with Crippen LogP contribution in [-0.2, 0) is 32.6 Å². The van der Waals surface area contributed by atoms with Crippen LogP contribution in [0.3, 0.4) is 0 Å². The molecule has 1 saturated carbocycles. The second-order valence-electron chi connectivity index (χ2n) is 11.1. The fourth-order valence-electron chi connectivity index (χ4n) is 5.51. The van der Waals surface area contributed by atoms with Gasteiger partial charge in [0.05, 0.1) is 19.1 Å². The van der Waals surface area contributed by atoms with Gasteiger partial charge in [-0.05, 0) is 66.8 Å². The van der Waals surface area contributed by atoms with Crippen molar-refractivity contribution in [3.8, 4) is 5.75 Å². The molecule has 0 spiro atoms. The van der Waals surface area contributed by atoms with Gasteiger partial charge in [-0.25, -0.2) is 8.42 Å². The fourth-order valence-corrected chi connectivity index (χ4v) is 6.94. The number of nitrogens with one attached hydrogen (secondary N) is 1. The molecule has 0 saturated heterocycles. The lowest BCUT2D eigenvalue weighted by atomic mass is 10.0. The predicted octanol–water partition coefficient (Wildman–Crippen LogP) is 6.25. The molecule has 1 fully saturated rings. The quantitative estimate of drug-likeness (QED) is 0.221.